The normalized spacial score (nSPS) is 11.6. The summed E-state index contributed by atoms with van der Waals surface area (Å²) in [4.78, 5) is 36.4. The molecule has 3 heterocycles. The van der Waals surface area contributed by atoms with Crippen LogP contribution in [0, 0.1) is 6.92 Å². The van der Waals surface area contributed by atoms with E-state index < -0.39 is 23.9 Å². The molecule has 3 aromatic rings. The van der Waals surface area contributed by atoms with E-state index >= 15 is 0 Å². The minimum absolute atomic E-state index is 0.154. The number of esters is 1. The van der Waals surface area contributed by atoms with Crippen molar-refractivity contribution < 1.29 is 28.1 Å². The van der Waals surface area contributed by atoms with Gasteiger partial charge in [0.2, 0.25) is 0 Å². The number of anilines is 2. The van der Waals surface area contributed by atoms with E-state index in [1.54, 1.807) is 25.1 Å². The van der Waals surface area contributed by atoms with Gasteiger partial charge in [0.15, 0.2) is 17.7 Å². The first-order chi connectivity index (χ1) is 12.9. The van der Waals surface area contributed by atoms with Gasteiger partial charge in [-0.05, 0) is 38.1 Å². The first-order valence-electron chi connectivity index (χ1n) is 7.82. The number of amides is 2. The number of carbonyl (C=O) groups is 3. The van der Waals surface area contributed by atoms with Crippen LogP contribution in [-0.2, 0) is 9.53 Å². The molecule has 9 nitrogen and oxygen atoms in total. The second-order valence-corrected chi connectivity index (χ2v) is 6.54. The van der Waals surface area contributed by atoms with Crippen LogP contribution in [-0.4, -0.2) is 29.0 Å². The van der Waals surface area contributed by atoms with Crippen molar-refractivity contribution in [1.29, 1.82) is 0 Å². The first kappa shape index (κ1) is 18.4. The molecule has 2 N–H and O–H groups in total. The van der Waals surface area contributed by atoms with Crippen molar-refractivity contribution in [1.82, 2.24) is 5.16 Å². The van der Waals surface area contributed by atoms with Crippen molar-refractivity contribution in [2.24, 2.45) is 0 Å². The van der Waals surface area contributed by atoms with Gasteiger partial charge in [-0.3, -0.25) is 9.59 Å². The molecule has 140 valence electrons. The Bertz CT molecular complexity index is 959. The molecule has 3 aromatic heterocycles. The van der Waals surface area contributed by atoms with Crippen molar-refractivity contribution >= 4 is 39.9 Å². The van der Waals surface area contributed by atoms with Gasteiger partial charge in [-0.1, -0.05) is 5.16 Å². The highest BCUT2D eigenvalue weighted by molar-refractivity contribution is 7.18. The van der Waals surface area contributed by atoms with Crippen molar-refractivity contribution in [2.45, 2.75) is 20.0 Å². The maximum Gasteiger partial charge on any atom is 0.349 e. The second-order valence-electron chi connectivity index (χ2n) is 5.45. The number of hydrogen-bond donors (Lipinski definition) is 2. The van der Waals surface area contributed by atoms with Crippen molar-refractivity contribution in [3.63, 3.8) is 0 Å². The quantitative estimate of drug-likeness (QED) is 0.621. The van der Waals surface area contributed by atoms with Gasteiger partial charge in [0.25, 0.3) is 11.8 Å². The van der Waals surface area contributed by atoms with Crippen LogP contribution in [0.1, 0.15) is 32.9 Å². The SMILES string of the molecule is Cc1cc(NC(=O)C(C)OC(=O)c2ccc(NC(=O)c3ccco3)s2)no1. The minimum Gasteiger partial charge on any atom is -0.459 e. The molecule has 0 aliphatic rings. The highest BCUT2D eigenvalue weighted by Gasteiger charge is 2.21. The Balaban J connectivity index is 1.55. The number of nitrogens with one attached hydrogen (secondary N) is 2. The predicted octanol–water partition coefficient (Wildman–Crippen LogP) is 3.07. The number of rotatable bonds is 6. The van der Waals surface area contributed by atoms with Gasteiger partial charge in [0.05, 0.1) is 11.3 Å². The first-order valence-corrected chi connectivity index (χ1v) is 8.64. The monoisotopic (exact) mass is 389 g/mol. The Morgan fingerprint density at radius 3 is 2.70 bits per heavy atom. The van der Waals surface area contributed by atoms with E-state index in [1.165, 1.54) is 25.3 Å². The Morgan fingerprint density at radius 2 is 2.04 bits per heavy atom. The zero-order valence-electron chi connectivity index (χ0n) is 14.3. The lowest BCUT2D eigenvalue weighted by Crippen LogP contribution is -2.29. The number of aryl methyl sites for hydroxylation is 1. The van der Waals surface area contributed by atoms with E-state index in [0.29, 0.717) is 10.8 Å². The van der Waals surface area contributed by atoms with Crippen LogP contribution in [0.2, 0.25) is 0 Å². The summed E-state index contributed by atoms with van der Waals surface area (Å²) in [7, 11) is 0. The summed E-state index contributed by atoms with van der Waals surface area (Å²) in [6.45, 7) is 3.12. The van der Waals surface area contributed by atoms with Crippen molar-refractivity contribution in [3.8, 4) is 0 Å². The molecule has 1 unspecified atom stereocenters. The zero-order chi connectivity index (χ0) is 19.4. The molecule has 0 bridgehead atoms. The summed E-state index contributed by atoms with van der Waals surface area (Å²) in [6.07, 6.45) is 0.344. The lowest BCUT2D eigenvalue weighted by atomic mass is 10.3. The molecule has 0 aromatic carbocycles. The average molecular weight is 389 g/mol. The molecule has 0 saturated carbocycles. The molecule has 1 atom stereocenters. The number of carbonyl (C=O) groups excluding carboxylic acids is 3. The van der Waals surface area contributed by atoms with Gasteiger partial charge >= 0.3 is 5.97 Å². The lowest BCUT2D eigenvalue weighted by molar-refractivity contribution is -0.123. The Kier molecular flexibility index (Phi) is 5.36. The third-order valence-corrected chi connectivity index (χ3v) is 4.30. The third-order valence-electron chi connectivity index (χ3n) is 3.32. The molecule has 0 fully saturated rings. The maximum atomic E-state index is 12.2. The molecule has 3 rings (SSSR count). The molecule has 27 heavy (non-hydrogen) atoms. The molecule has 0 radical (unpaired) electrons. The fourth-order valence-corrected chi connectivity index (χ4v) is 2.81. The van der Waals surface area contributed by atoms with Gasteiger partial charge in [-0.15, -0.1) is 11.3 Å². The van der Waals surface area contributed by atoms with Crippen LogP contribution >= 0.6 is 11.3 Å². The van der Waals surface area contributed by atoms with Gasteiger partial charge < -0.3 is 24.3 Å². The Labute approximate surface area is 157 Å². The van der Waals surface area contributed by atoms with Crippen LogP contribution < -0.4 is 10.6 Å². The molecule has 0 aliphatic heterocycles. The zero-order valence-corrected chi connectivity index (χ0v) is 15.2. The number of hydrogen-bond acceptors (Lipinski definition) is 8. The van der Waals surface area contributed by atoms with E-state index in [4.69, 9.17) is 13.7 Å². The van der Waals surface area contributed by atoms with E-state index in [-0.39, 0.29) is 16.5 Å². The molecular formula is C17H15N3O6S. The summed E-state index contributed by atoms with van der Waals surface area (Å²) in [5, 5.41) is 9.17. The molecule has 10 heteroatoms. The number of nitrogens with zero attached hydrogens (tertiary/aromatic N) is 1. The van der Waals surface area contributed by atoms with Crippen molar-refractivity contribution in [2.75, 3.05) is 10.6 Å². The lowest BCUT2D eigenvalue weighted by Gasteiger charge is -2.11. The summed E-state index contributed by atoms with van der Waals surface area (Å²) >= 11 is 1.02. The van der Waals surface area contributed by atoms with Gasteiger partial charge in [0.1, 0.15) is 10.6 Å². The van der Waals surface area contributed by atoms with Gasteiger partial charge in [0, 0.05) is 6.07 Å². The fourth-order valence-electron chi connectivity index (χ4n) is 2.02. The average Bonchev–Trinajstić information content (AvgIpc) is 3.36. The molecule has 0 spiro atoms. The topological polar surface area (TPSA) is 124 Å². The van der Waals surface area contributed by atoms with Crippen LogP contribution in [0.15, 0.2) is 45.5 Å². The van der Waals surface area contributed by atoms with E-state index in [0.717, 1.165) is 11.3 Å². The third kappa shape index (κ3) is 4.61. The number of ether oxygens (including phenoxy) is 1. The summed E-state index contributed by atoms with van der Waals surface area (Å²) in [5.74, 6) is -0.729. The highest BCUT2D eigenvalue weighted by Crippen LogP contribution is 2.24. The van der Waals surface area contributed by atoms with E-state index in [2.05, 4.69) is 15.8 Å². The number of thiophene rings is 1. The van der Waals surface area contributed by atoms with E-state index in [1.807, 2.05) is 0 Å². The van der Waals surface area contributed by atoms with E-state index in [9.17, 15) is 14.4 Å². The van der Waals surface area contributed by atoms with Gasteiger partial charge in [-0.25, -0.2) is 4.79 Å². The molecule has 0 saturated heterocycles. The molecular weight excluding hydrogens is 374 g/mol. The highest BCUT2D eigenvalue weighted by atomic mass is 32.1. The fraction of sp³-hybridized carbons (Fsp3) is 0.176. The molecule has 2 amide bonds. The predicted molar refractivity (Wildman–Crippen MR) is 95.7 cm³/mol. The van der Waals surface area contributed by atoms with Crippen LogP contribution in [0.4, 0.5) is 10.8 Å². The standard InChI is InChI=1S/C17H15N3O6S/c1-9-8-13(20-26-9)18-15(21)10(2)25-17(23)12-5-6-14(27-12)19-16(22)11-4-3-7-24-11/h3-8,10H,1-2H3,(H,19,22)(H,18,20,21). The van der Waals surface area contributed by atoms with Crippen molar-refractivity contribution in [3.05, 3.63) is 53.0 Å². The maximum absolute atomic E-state index is 12.2. The van der Waals surface area contributed by atoms with Crippen LogP contribution in [0.5, 0.6) is 0 Å². The molecule has 0 aliphatic carbocycles. The smallest absolute Gasteiger partial charge is 0.349 e. The van der Waals surface area contributed by atoms with Crippen LogP contribution in [0.3, 0.4) is 0 Å². The largest absolute Gasteiger partial charge is 0.459 e. The summed E-state index contributed by atoms with van der Waals surface area (Å²) in [6, 6.07) is 7.72. The Morgan fingerprint density at radius 1 is 1.22 bits per heavy atom. The van der Waals surface area contributed by atoms with Crippen LogP contribution in [0.25, 0.3) is 0 Å². The minimum atomic E-state index is -1.04. The van der Waals surface area contributed by atoms with Gasteiger partial charge in [-0.2, -0.15) is 0 Å². The summed E-state index contributed by atoms with van der Waals surface area (Å²) in [5.41, 5.74) is 0. The second kappa shape index (κ2) is 7.87. The summed E-state index contributed by atoms with van der Waals surface area (Å²) < 4.78 is 15.0. The number of furan rings is 1. The number of aromatic nitrogens is 1. The Hall–Kier alpha value is -3.40.